The number of hydrogen-bond acceptors (Lipinski definition) is 3. The Balaban J connectivity index is 2.70. The van der Waals surface area contributed by atoms with Crippen molar-refractivity contribution in [3.8, 4) is 6.07 Å². The third kappa shape index (κ3) is 1.52. The minimum Gasteiger partial charge on any atom is -0.377 e. The van der Waals surface area contributed by atoms with Crippen molar-refractivity contribution < 1.29 is 9.53 Å². The topological polar surface area (TPSA) is 53.3 Å². The first kappa shape index (κ1) is 10.0. The van der Waals surface area contributed by atoms with Crippen LogP contribution in [-0.2, 0) is 9.53 Å². The molecule has 1 rings (SSSR count). The van der Waals surface area contributed by atoms with Crippen molar-refractivity contribution in [3.05, 3.63) is 0 Å². The molecule has 1 heterocycles. The van der Waals surface area contributed by atoms with Crippen molar-refractivity contribution in [1.82, 2.24) is 4.90 Å². The lowest BCUT2D eigenvalue weighted by Crippen LogP contribution is -2.54. The summed E-state index contributed by atoms with van der Waals surface area (Å²) in [6, 6.07) is 2.05. The van der Waals surface area contributed by atoms with Crippen LogP contribution in [-0.4, -0.2) is 37.1 Å². The molecule has 0 N–H and O–H groups in total. The molecule has 1 fully saturated rings. The third-order valence-corrected chi connectivity index (χ3v) is 2.37. The number of hydrogen-bond donors (Lipinski definition) is 0. The molecule has 1 aliphatic rings. The summed E-state index contributed by atoms with van der Waals surface area (Å²) in [5.74, 6) is -0.0914. The second kappa shape index (κ2) is 3.75. The van der Waals surface area contributed by atoms with Crippen LogP contribution in [0.4, 0.5) is 0 Å². The summed E-state index contributed by atoms with van der Waals surface area (Å²) in [6.45, 7) is 5.62. The molecule has 0 atom stereocenters. The maximum absolute atomic E-state index is 11.8. The Morgan fingerprint density at radius 2 is 2.08 bits per heavy atom. The highest BCUT2D eigenvalue weighted by Crippen LogP contribution is 2.28. The van der Waals surface area contributed by atoms with E-state index in [9.17, 15) is 4.79 Å². The predicted octanol–water partition coefficient (Wildman–Crippen LogP) is 0.395. The van der Waals surface area contributed by atoms with Crippen LogP contribution in [0.3, 0.4) is 0 Å². The minimum atomic E-state index is -0.883. The average molecular weight is 182 g/mol. The molecule has 72 valence electrons. The lowest BCUT2D eigenvalue weighted by molar-refractivity contribution is -0.160. The molecule has 0 unspecified atom stereocenters. The predicted molar refractivity (Wildman–Crippen MR) is 46.8 cm³/mol. The van der Waals surface area contributed by atoms with Gasteiger partial charge in [-0.15, -0.1) is 0 Å². The van der Waals surface area contributed by atoms with Crippen molar-refractivity contribution >= 4 is 5.91 Å². The van der Waals surface area contributed by atoms with E-state index in [0.29, 0.717) is 13.1 Å². The van der Waals surface area contributed by atoms with Crippen LogP contribution >= 0.6 is 0 Å². The summed E-state index contributed by atoms with van der Waals surface area (Å²) in [5, 5.41) is 8.87. The lowest BCUT2D eigenvalue weighted by Gasteiger charge is -2.37. The van der Waals surface area contributed by atoms with E-state index >= 15 is 0 Å². The number of nitriles is 1. The summed E-state index contributed by atoms with van der Waals surface area (Å²) in [7, 11) is 0. The highest BCUT2D eigenvalue weighted by atomic mass is 16.5. The van der Waals surface area contributed by atoms with E-state index in [4.69, 9.17) is 10.00 Å². The van der Waals surface area contributed by atoms with Gasteiger partial charge in [0.05, 0.1) is 19.3 Å². The Morgan fingerprint density at radius 3 is 2.31 bits per heavy atom. The molecule has 13 heavy (non-hydrogen) atoms. The summed E-state index contributed by atoms with van der Waals surface area (Å²) in [4.78, 5) is 13.4. The number of nitrogens with zero attached hydrogens (tertiary/aromatic N) is 2. The van der Waals surface area contributed by atoms with Crippen LogP contribution in [0, 0.1) is 16.7 Å². The highest BCUT2D eigenvalue weighted by molar-refractivity contribution is 5.86. The second-order valence-corrected chi connectivity index (χ2v) is 3.16. The van der Waals surface area contributed by atoms with E-state index in [0.717, 1.165) is 0 Å². The number of amides is 1. The Bertz CT molecular complexity index is 236. The molecule has 0 saturated carbocycles. The van der Waals surface area contributed by atoms with Crippen LogP contribution in [0.2, 0.25) is 0 Å². The molecule has 1 amide bonds. The smallest absolute Gasteiger partial charge is 0.247 e. The van der Waals surface area contributed by atoms with Crippen molar-refractivity contribution in [1.29, 1.82) is 5.26 Å². The Morgan fingerprint density at radius 1 is 1.54 bits per heavy atom. The Hall–Kier alpha value is -1.08. The molecule has 0 bridgehead atoms. The zero-order valence-electron chi connectivity index (χ0n) is 8.04. The first-order valence-electron chi connectivity index (χ1n) is 4.48. The van der Waals surface area contributed by atoms with Gasteiger partial charge in [0, 0.05) is 13.1 Å². The van der Waals surface area contributed by atoms with Crippen LogP contribution < -0.4 is 0 Å². The Kier molecular flexibility index (Phi) is 2.89. The number of ether oxygens (including phenoxy) is 1. The molecule has 0 aliphatic carbocycles. The average Bonchev–Trinajstić information content (AvgIpc) is 2.05. The quantitative estimate of drug-likeness (QED) is 0.634. The molecule has 1 aliphatic heterocycles. The van der Waals surface area contributed by atoms with Crippen LogP contribution in [0.25, 0.3) is 0 Å². The maximum atomic E-state index is 11.8. The van der Waals surface area contributed by atoms with Gasteiger partial charge in [-0.25, -0.2) is 0 Å². The molecule has 0 spiro atoms. The van der Waals surface area contributed by atoms with Crippen LogP contribution in [0.15, 0.2) is 0 Å². The van der Waals surface area contributed by atoms with Gasteiger partial charge in [-0.05, 0) is 13.8 Å². The lowest BCUT2D eigenvalue weighted by atomic mass is 9.86. The van der Waals surface area contributed by atoms with Crippen LogP contribution in [0.1, 0.15) is 13.8 Å². The third-order valence-electron chi connectivity index (χ3n) is 2.37. The van der Waals surface area contributed by atoms with E-state index in [-0.39, 0.29) is 19.1 Å². The molecule has 1 saturated heterocycles. The van der Waals surface area contributed by atoms with Gasteiger partial charge in [0.15, 0.2) is 5.41 Å². The van der Waals surface area contributed by atoms with E-state index in [1.165, 1.54) is 0 Å². The van der Waals surface area contributed by atoms with Gasteiger partial charge in [0.2, 0.25) is 5.91 Å². The fourth-order valence-corrected chi connectivity index (χ4v) is 1.36. The fraction of sp³-hybridized carbons (Fsp3) is 0.778. The largest absolute Gasteiger partial charge is 0.377 e. The number of carbonyl (C=O) groups is 1. The van der Waals surface area contributed by atoms with Gasteiger partial charge < -0.3 is 9.64 Å². The molecular formula is C9H14N2O2. The molecular weight excluding hydrogens is 168 g/mol. The molecule has 4 heteroatoms. The Labute approximate surface area is 78.1 Å². The monoisotopic (exact) mass is 182 g/mol. The van der Waals surface area contributed by atoms with Crippen molar-refractivity contribution in [2.45, 2.75) is 13.8 Å². The van der Waals surface area contributed by atoms with Gasteiger partial charge in [-0.1, -0.05) is 0 Å². The maximum Gasteiger partial charge on any atom is 0.247 e. The number of rotatable bonds is 3. The SMILES string of the molecule is CCN(CC)C(=O)C1(C#N)COC1. The van der Waals surface area contributed by atoms with E-state index in [1.807, 2.05) is 19.9 Å². The van der Waals surface area contributed by atoms with E-state index in [2.05, 4.69) is 0 Å². The fourth-order valence-electron chi connectivity index (χ4n) is 1.36. The first-order chi connectivity index (χ1) is 6.20. The van der Waals surface area contributed by atoms with Crippen LogP contribution in [0.5, 0.6) is 0 Å². The van der Waals surface area contributed by atoms with Crippen molar-refractivity contribution in [2.24, 2.45) is 5.41 Å². The van der Waals surface area contributed by atoms with E-state index in [1.54, 1.807) is 4.90 Å². The van der Waals surface area contributed by atoms with Gasteiger partial charge >= 0.3 is 0 Å². The highest BCUT2D eigenvalue weighted by Gasteiger charge is 2.48. The molecule has 0 aromatic rings. The molecule has 0 radical (unpaired) electrons. The normalized spacial score (nSPS) is 18.5. The standard InChI is InChI=1S/C9H14N2O2/c1-3-11(4-2)8(12)9(5-10)6-13-7-9/h3-4,6-7H2,1-2H3. The zero-order chi connectivity index (χ0) is 9.90. The van der Waals surface area contributed by atoms with Gasteiger partial charge in [0.25, 0.3) is 0 Å². The summed E-state index contributed by atoms with van der Waals surface area (Å²) in [6.07, 6.45) is 0. The van der Waals surface area contributed by atoms with Gasteiger partial charge in [0.1, 0.15) is 0 Å². The molecule has 0 aromatic heterocycles. The molecule has 4 nitrogen and oxygen atoms in total. The zero-order valence-corrected chi connectivity index (χ0v) is 8.04. The van der Waals surface area contributed by atoms with Gasteiger partial charge in [-0.2, -0.15) is 5.26 Å². The van der Waals surface area contributed by atoms with Crippen molar-refractivity contribution in [2.75, 3.05) is 26.3 Å². The summed E-state index contributed by atoms with van der Waals surface area (Å²) >= 11 is 0. The van der Waals surface area contributed by atoms with E-state index < -0.39 is 5.41 Å². The molecule has 0 aromatic carbocycles. The first-order valence-corrected chi connectivity index (χ1v) is 4.48. The number of carbonyl (C=O) groups excluding carboxylic acids is 1. The summed E-state index contributed by atoms with van der Waals surface area (Å²) < 4.78 is 4.92. The summed E-state index contributed by atoms with van der Waals surface area (Å²) in [5.41, 5.74) is -0.883. The van der Waals surface area contributed by atoms with Gasteiger partial charge in [-0.3, -0.25) is 4.79 Å². The second-order valence-electron chi connectivity index (χ2n) is 3.16. The van der Waals surface area contributed by atoms with Crippen molar-refractivity contribution in [3.63, 3.8) is 0 Å². The minimum absolute atomic E-state index is 0.0914.